The summed E-state index contributed by atoms with van der Waals surface area (Å²) in [4.78, 5) is 16.8. The summed E-state index contributed by atoms with van der Waals surface area (Å²) in [5, 5.41) is 0. The molecule has 0 saturated heterocycles. The number of fused-ring (bicyclic) bond motifs is 1. The van der Waals surface area contributed by atoms with Crippen molar-refractivity contribution in [2.45, 2.75) is 13.8 Å². The van der Waals surface area contributed by atoms with Crippen LogP contribution in [0.1, 0.15) is 24.2 Å². The van der Waals surface area contributed by atoms with E-state index in [0.29, 0.717) is 30.3 Å². The first-order chi connectivity index (χ1) is 11.7. The van der Waals surface area contributed by atoms with Crippen molar-refractivity contribution in [2.75, 3.05) is 18.6 Å². The van der Waals surface area contributed by atoms with E-state index in [0.717, 1.165) is 11.0 Å². The molecule has 0 aliphatic carbocycles. The fourth-order valence-electron chi connectivity index (χ4n) is 2.41. The highest BCUT2D eigenvalue weighted by atomic mass is 16.5. The van der Waals surface area contributed by atoms with Crippen LogP contribution >= 0.6 is 0 Å². The van der Waals surface area contributed by atoms with Gasteiger partial charge in [0.1, 0.15) is 6.33 Å². The van der Waals surface area contributed by atoms with Gasteiger partial charge in [-0.25, -0.2) is 9.66 Å². The third-order valence-corrected chi connectivity index (χ3v) is 3.48. The van der Waals surface area contributed by atoms with Gasteiger partial charge in [-0.2, -0.15) is 0 Å². The third-order valence-electron chi connectivity index (χ3n) is 3.48. The monoisotopic (exact) mass is 325 g/mol. The van der Waals surface area contributed by atoms with E-state index < -0.39 is 0 Å². The highest BCUT2D eigenvalue weighted by Gasteiger charge is 2.13. The van der Waals surface area contributed by atoms with E-state index in [-0.39, 0.29) is 5.91 Å². The van der Waals surface area contributed by atoms with Gasteiger partial charge in [0, 0.05) is 5.56 Å². The molecule has 3 rings (SSSR count). The summed E-state index contributed by atoms with van der Waals surface area (Å²) in [7, 11) is 0. The highest BCUT2D eigenvalue weighted by Crippen LogP contribution is 2.28. The molecule has 0 fully saturated rings. The number of amides is 1. The summed E-state index contributed by atoms with van der Waals surface area (Å²) in [6.45, 7) is 4.82. The number of imidazole rings is 1. The summed E-state index contributed by atoms with van der Waals surface area (Å²) < 4.78 is 12.7. The Morgan fingerprint density at radius 2 is 1.83 bits per heavy atom. The van der Waals surface area contributed by atoms with Gasteiger partial charge in [-0.1, -0.05) is 12.1 Å². The van der Waals surface area contributed by atoms with Gasteiger partial charge in [0.25, 0.3) is 5.91 Å². The predicted octanol–water partition coefficient (Wildman–Crippen LogP) is 3.22. The van der Waals surface area contributed by atoms with Crippen LogP contribution in [0.15, 0.2) is 48.8 Å². The Morgan fingerprint density at radius 1 is 1.08 bits per heavy atom. The van der Waals surface area contributed by atoms with Crippen molar-refractivity contribution in [1.29, 1.82) is 0 Å². The Bertz CT molecular complexity index is 858. The van der Waals surface area contributed by atoms with Crippen molar-refractivity contribution in [3.63, 3.8) is 0 Å². The van der Waals surface area contributed by atoms with Crippen molar-refractivity contribution >= 4 is 16.9 Å². The molecule has 3 aromatic rings. The Morgan fingerprint density at radius 3 is 2.62 bits per heavy atom. The smallest absolute Gasteiger partial charge is 0.270 e. The Balaban J connectivity index is 1.85. The minimum absolute atomic E-state index is 0.248. The largest absolute Gasteiger partial charge is 0.490 e. The molecule has 1 amide bonds. The van der Waals surface area contributed by atoms with Crippen LogP contribution in [0, 0.1) is 0 Å². The summed E-state index contributed by atoms with van der Waals surface area (Å²) in [5.74, 6) is 0.939. The van der Waals surface area contributed by atoms with Gasteiger partial charge in [0.15, 0.2) is 11.5 Å². The number of nitrogens with one attached hydrogen (secondary N) is 1. The number of aromatic nitrogens is 2. The van der Waals surface area contributed by atoms with Crippen molar-refractivity contribution in [1.82, 2.24) is 9.66 Å². The maximum absolute atomic E-state index is 12.5. The van der Waals surface area contributed by atoms with Crippen LogP contribution in [0.3, 0.4) is 0 Å². The van der Waals surface area contributed by atoms with E-state index in [1.165, 1.54) is 0 Å². The fraction of sp³-hybridized carbons (Fsp3) is 0.222. The number of carbonyl (C=O) groups excluding carboxylic acids is 1. The zero-order chi connectivity index (χ0) is 16.9. The van der Waals surface area contributed by atoms with Crippen LogP contribution in [-0.4, -0.2) is 28.8 Å². The van der Waals surface area contributed by atoms with E-state index >= 15 is 0 Å². The molecule has 0 saturated carbocycles. The first-order valence-electron chi connectivity index (χ1n) is 7.86. The molecule has 2 aromatic carbocycles. The molecule has 1 heterocycles. The van der Waals surface area contributed by atoms with Crippen molar-refractivity contribution in [3.05, 3.63) is 54.4 Å². The molecule has 6 heteroatoms. The molecule has 124 valence electrons. The summed E-state index contributed by atoms with van der Waals surface area (Å²) in [6.07, 6.45) is 1.58. The maximum atomic E-state index is 12.5. The van der Waals surface area contributed by atoms with Crippen LogP contribution in [0.5, 0.6) is 11.5 Å². The predicted molar refractivity (Wildman–Crippen MR) is 92.2 cm³/mol. The third kappa shape index (κ3) is 3.17. The Kier molecular flexibility index (Phi) is 4.65. The zero-order valence-electron chi connectivity index (χ0n) is 13.7. The molecule has 0 atom stereocenters. The summed E-state index contributed by atoms with van der Waals surface area (Å²) >= 11 is 0. The van der Waals surface area contributed by atoms with Gasteiger partial charge in [0.05, 0.1) is 24.2 Å². The van der Waals surface area contributed by atoms with Crippen LogP contribution < -0.4 is 14.9 Å². The zero-order valence-corrected chi connectivity index (χ0v) is 13.7. The lowest BCUT2D eigenvalue weighted by atomic mass is 10.2. The number of hydrogen-bond donors (Lipinski definition) is 1. The molecule has 6 nitrogen and oxygen atoms in total. The normalized spacial score (nSPS) is 10.6. The molecule has 0 aliphatic rings. The standard InChI is InChI=1S/C18H19N3O3/c1-3-23-16-10-9-13(11-17(16)24-4-2)18(22)20-21-12-19-14-7-5-6-8-15(14)21/h5-12H,3-4H2,1-2H3,(H,20,22). The second-order valence-corrected chi connectivity index (χ2v) is 5.07. The first-order valence-corrected chi connectivity index (χ1v) is 7.86. The number of ether oxygens (including phenoxy) is 2. The number of hydrogen-bond acceptors (Lipinski definition) is 4. The molecule has 0 radical (unpaired) electrons. The topological polar surface area (TPSA) is 65.4 Å². The van der Waals surface area contributed by atoms with Crippen molar-refractivity contribution in [2.24, 2.45) is 0 Å². The molecule has 0 aliphatic heterocycles. The van der Waals surface area contributed by atoms with Gasteiger partial charge in [-0.05, 0) is 44.2 Å². The number of benzene rings is 2. The second-order valence-electron chi connectivity index (χ2n) is 5.07. The lowest BCUT2D eigenvalue weighted by Gasteiger charge is -2.13. The quantitative estimate of drug-likeness (QED) is 0.756. The SMILES string of the molecule is CCOc1ccc(C(=O)Nn2cnc3ccccc32)cc1OCC. The molecule has 1 aromatic heterocycles. The van der Waals surface area contributed by atoms with Crippen LogP contribution in [-0.2, 0) is 0 Å². The second kappa shape index (κ2) is 7.04. The average Bonchev–Trinajstić information content (AvgIpc) is 3.00. The molecule has 0 bridgehead atoms. The van der Waals surface area contributed by atoms with Gasteiger partial charge in [-0.15, -0.1) is 0 Å². The summed E-state index contributed by atoms with van der Waals surface area (Å²) in [6, 6.07) is 12.7. The lowest BCUT2D eigenvalue weighted by Crippen LogP contribution is -2.22. The van der Waals surface area contributed by atoms with Crippen LogP contribution in [0.4, 0.5) is 0 Å². The number of nitrogens with zero attached hydrogens (tertiary/aromatic N) is 2. The minimum atomic E-state index is -0.248. The van der Waals surface area contributed by atoms with Crippen molar-refractivity contribution in [3.8, 4) is 11.5 Å². The molecular formula is C18H19N3O3. The van der Waals surface area contributed by atoms with Crippen LogP contribution in [0.25, 0.3) is 11.0 Å². The fourth-order valence-corrected chi connectivity index (χ4v) is 2.41. The lowest BCUT2D eigenvalue weighted by molar-refractivity contribution is 0.101. The van der Waals surface area contributed by atoms with Gasteiger partial charge < -0.3 is 9.47 Å². The van der Waals surface area contributed by atoms with E-state index in [2.05, 4.69) is 10.4 Å². The van der Waals surface area contributed by atoms with E-state index in [1.54, 1.807) is 29.2 Å². The molecule has 0 spiro atoms. The Hall–Kier alpha value is -3.02. The molecule has 1 N–H and O–H groups in total. The van der Waals surface area contributed by atoms with Crippen molar-refractivity contribution < 1.29 is 14.3 Å². The number of rotatable bonds is 6. The van der Waals surface area contributed by atoms with Gasteiger partial charge in [0.2, 0.25) is 0 Å². The first kappa shape index (κ1) is 15.9. The Labute approximate surface area is 140 Å². The van der Waals surface area contributed by atoms with Gasteiger partial charge in [-0.3, -0.25) is 10.2 Å². The van der Waals surface area contributed by atoms with Crippen LogP contribution in [0.2, 0.25) is 0 Å². The number of para-hydroxylation sites is 2. The molecular weight excluding hydrogens is 306 g/mol. The number of carbonyl (C=O) groups is 1. The molecule has 24 heavy (non-hydrogen) atoms. The maximum Gasteiger partial charge on any atom is 0.270 e. The van der Waals surface area contributed by atoms with Gasteiger partial charge >= 0.3 is 0 Å². The minimum Gasteiger partial charge on any atom is -0.490 e. The van der Waals surface area contributed by atoms with E-state index in [1.807, 2.05) is 38.1 Å². The average molecular weight is 325 g/mol. The molecule has 0 unspecified atom stereocenters. The highest BCUT2D eigenvalue weighted by molar-refractivity contribution is 6.01. The summed E-state index contributed by atoms with van der Waals surface area (Å²) in [5.41, 5.74) is 4.96. The van der Waals surface area contributed by atoms with E-state index in [4.69, 9.17) is 9.47 Å². The van der Waals surface area contributed by atoms with E-state index in [9.17, 15) is 4.79 Å².